The molecular weight excluding hydrogens is 371 g/mol. The molecule has 0 aromatic heterocycles. The number of rotatable bonds is 7. The van der Waals surface area contributed by atoms with E-state index in [-0.39, 0.29) is 17.2 Å². The van der Waals surface area contributed by atoms with Crippen LogP contribution in [0.5, 0.6) is 5.75 Å². The van der Waals surface area contributed by atoms with Crippen molar-refractivity contribution in [2.24, 2.45) is 0 Å². The molecule has 0 bridgehead atoms. The van der Waals surface area contributed by atoms with Crippen molar-refractivity contribution in [3.8, 4) is 5.75 Å². The van der Waals surface area contributed by atoms with Crippen LogP contribution in [0.15, 0.2) is 72.8 Å². The molecule has 0 aliphatic rings. The van der Waals surface area contributed by atoms with Gasteiger partial charge in [-0.3, -0.25) is 9.59 Å². The molecule has 0 fully saturated rings. The van der Waals surface area contributed by atoms with Gasteiger partial charge in [0.25, 0.3) is 11.8 Å². The molecule has 3 aromatic rings. The zero-order valence-corrected chi connectivity index (χ0v) is 15.9. The Balaban J connectivity index is 1.69. The normalized spacial score (nSPS) is 10.3. The van der Waals surface area contributed by atoms with Gasteiger partial charge in [0, 0.05) is 12.1 Å². The molecule has 0 radical (unpaired) electrons. The van der Waals surface area contributed by atoms with Gasteiger partial charge in [0.1, 0.15) is 11.6 Å². The van der Waals surface area contributed by atoms with Crippen LogP contribution in [0.25, 0.3) is 0 Å². The number of hydrogen-bond acceptors (Lipinski definition) is 3. The predicted molar refractivity (Wildman–Crippen MR) is 110 cm³/mol. The molecule has 0 atom stereocenters. The van der Waals surface area contributed by atoms with E-state index in [2.05, 4.69) is 10.6 Å². The number of nitrogens with one attached hydrogen (secondary N) is 2. The Hall–Kier alpha value is -3.67. The zero-order chi connectivity index (χ0) is 20.6. The summed E-state index contributed by atoms with van der Waals surface area (Å²) in [6.07, 6.45) is 0.668. The standard InChI is InChI=1S/C23H21FN2O3/c1-29-19-10-7-17(8-11-19)22(27)26-21-15-18(24)9-12-20(21)23(28)25-14-13-16-5-3-2-4-6-16/h2-12,15H,13-14H2,1H3,(H,25,28)(H,26,27). The SMILES string of the molecule is COc1ccc(C(=O)Nc2cc(F)ccc2C(=O)NCCc2ccccc2)cc1. The van der Waals surface area contributed by atoms with Crippen molar-refractivity contribution in [3.63, 3.8) is 0 Å². The topological polar surface area (TPSA) is 67.4 Å². The van der Waals surface area contributed by atoms with Crippen LogP contribution in [-0.4, -0.2) is 25.5 Å². The van der Waals surface area contributed by atoms with Crippen LogP contribution in [0.2, 0.25) is 0 Å². The Morgan fingerprint density at radius 1 is 0.931 bits per heavy atom. The van der Waals surface area contributed by atoms with Crippen LogP contribution in [0, 0.1) is 5.82 Å². The number of carbonyl (C=O) groups excluding carboxylic acids is 2. The van der Waals surface area contributed by atoms with Gasteiger partial charge < -0.3 is 15.4 Å². The lowest BCUT2D eigenvalue weighted by atomic mass is 10.1. The monoisotopic (exact) mass is 392 g/mol. The molecule has 6 heteroatoms. The fraction of sp³-hybridized carbons (Fsp3) is 0.130. The molecule has 2 amide bonds. The highest BCUT2D eigenvalue weighted by atomic mass is 19.1. The van der Waals surface area contributed by atoms with E-state index < -0.39 is 11.7 Å². The van der Waals surface area contributed by atoms with Gasteiger partial charge in [-0.25, -0.2) is 4.39 Å². The van der Waals surface area contributed by atoms with Gasteiger partial charge in [0.15, 0.2) is 0 Å². The smallest absolute Gasteiger partial charge is 0.255 e. The molecule has 0 aliphatic carbocycles. The third kappa shape index (κ3) is 5.42. The van der Waals surface area contributed by atoms with Gasteiger partial charge in [-0.2, -0.15) is 0 Å². The number of amides is 2. The maximum Gasteiger partial charge on any atom is 0.255 e. The first-order valence-electron chi connectivity index (χ1n) is 9.14. The number of halogens is 1. The van der Waals surface area contributed by atoms with Crippen molar-refractivity contribution in [2.75, 3.05) is 19.0 Å². The number of carbonyl (C=O) groups is 2. The van der Waals surface area contributed by atoms with Crippen molar-refractivity contribution in [2.45, 2.75) is 6.42 Å². The second-order valence-corrected chi connectivity index (χ2v) is 6.36. The first-order chi connectivity index (χ1) is 14.1. The van der Waals surface area contributed by atoms with E-state index in [1.54, 1.807) is 24.3 Å². The third-order valence-corrected chi connectivity index (χ3v) is 4.37. The molecule has 5 nitrogen and oxygen atoms in total. The summed E-state index contributed by atoms with van der Waals surface area (Å²) in [6, 6.07) is 19.9. The van der Waals surface area contributed by atoms with Crippen molar-refractivity contribution >= 4 is 17.5 Å². The molecule has 29 heavy (non-hydrogen) atoms. The Morgan fingerprint density at radius 2 is 1.66 bits per heavy atom. The highest BCUT2D eigenvalue weighted by Gasteiger charge is 2.15. The fourth-order valence-electron chi connectivity index (χ4n) is 2.82. The molecule has 3 rings (SSSR count). The molecule has 2 N–H and O–H groups in total. The summed E-state index contributed by atoms with van der Waals surface area (Å²) < 4.78 is 18.8. The summed E-state index contributed by atoms with van der Waals surface area (Å²) in [6.45, 7) is 0.423. The van der Waals surface area contributed by atoms with Crippen LogP contribution in [0.1, 0.15) is 26.3 Å². The van der Waals surface area contributed by atoms with Crippen LogP contribution in [0.3, 0.4) is 0 Å². The highest BCUT2D eigenvalue weighted by Crippen LogP contribution is 2.19. The quantitative estimate of drug-likeness (QED) is 0.637. The number of ether oxygens (including phenoxy) is 1. The minimum Gasteiger partial charge on any atom is -0.497 e. The lowest BCUT2D eigenvalue weighted by molar-refractivity contribution is 0.0955. The largest absolute Gasteiger partial charge is 0.497 e. The highest BCUT2D eigenvalue weighted by molar-refractivity contribution is 6.09. The van der Waals surface area contributed by atoms with E-state index in [9.17, 15) is 14.0 Å². The van der Waals surface area contributed by atoms with E-state index in [4.69, 9.17) is 4.74 Å². The zero-order valence-electron chi connectivity index (χ0n) is 15.9. The van der Waals surface area contributed by atoms with E-state index in [0.717, 1.165) is 11.6 Å². The van der Waals surface area contributed by atoms with Gasteiger partial charge in [-0.15, -0.1) is 0 Å². The summed E-state index contributed by atoms with van der Waals surface area (Å²) in [7, 11) is 1.53. The van der Waals surface area contributed by atoms with Gasteiger partial charge >= 0.3 is 0 Å². The van der Waals surface area contributed by atoms with Crippen molar-refractivity contribution in [3.05, 3.63) is 95.3 Å². The Kier molecular flexibility index (Phi) is 6.58. The molecule has 0 spiro atoms. The number of anilines is 1. The fourth-order valence-corrected chi connectivity index (χ4v) is 2.82. The van der Waals surface area contributed by atoms with Crippen molar-refractivity contribution in [1.82, 2.24) is 5.32 Å². The number of hydrogen-bond donors (Lipinski definition) is 2. The van der Waals surface area contributed by atoms with Crippen molar-refractivity contribution in [1.29, 1.82) is 0 Å². The lowest BCUT2D eigenvalue weighted by Crippen LogP contribution is -2.27. The van der Waals surface area contributed by atoms with Gasteiger partial charge in [0.2, 0.25) is 0 Å². The first-order valence-corrected chi connectivity index (χ1v) is 9.14. The summed E-state index contributed by atoms with van der Waals surface area (Å²) in [5.74, 6) is -0.760. The molecule has 148 valence electrons. The maximum atomic E-state index is 13.7. The van der Waals surface area contributed by atoms with Gasteiger partial charge in [-0.1, -0.05) is 30.3 Å². The van der Waals surface area contributed by atoms with E-state index in [1.807, 2.05) is 30.3 Å². The number of benzene rings is 3. The molecule has 0 heterocycles. The maximum absolute atomic E-state index is 13.7. The molecule has 0 unspecified atom stereocenters. The van der Waals surface area contributed by atoms with Crippen LogP contribution in [-0.2, 0) is 6.42 Å². The Labute approximate surface area is 168 Å². The Morgan fingerprint density at radius 3 is 2.34 bits per heavy atom. The molecule has 0 saturated heterocycles. The summed E-state index contributed by atoms with van der Waals surface area (Å²) >= 11 is 0. The third-order valence-electron chi connectivity index (χ3n) is 4.37. The van der Waals surface area contributed by atoms with E-state index in [0.29, 0.717) is 24.3 Å². The molecule has 0 aliphatic heterocycles. The van der Waals surface area contributed by atoms with Gasteiger partial charge in [-0.05, 0) is 54.4 Å². The molecule has 3 aromatic carbocycles. The average molecular weight is 392 g/mol. The minimum atomic E-state index is -0.545. The first kappa shape index (κ1) is 20.1. The van der Waals surface area contributed by atoms with Crippen molar-refractivity contribution < 1.29 is 18.7 Å². The average Bonchev–Trinajstić information content (AvgIpc) is 2.74. The second-order valence-electron chi connectivity index (χ2n) is 6.36. The Bertz CT molecular complexity index is 989. The van der Waals surface area contributed by atoms with Gasteiger partial charge in [0.05, 0.1) is 18.4 Å². The van der Waals surface area contributed by atoms with E-state index in [1.165, 1.54) is 19.2 Å². The summed E-state index contributed by atoms with van der Waals surface area (Å²) in [5, 5.41) is 5.42. The van der Waals surface area contributed by atoms with Crippen LogP contribution < -0.4 is 15.4 Å². The molecule has 0 saturated carbocycles. The summed E-state index contributed by atoms with van der Waals surface area (Å²) in [5.41, 5.74) is 1.77. The van der Waals surface area contributed by atoms with Crippen LogP contribution in [0.4, 0.5) is 10.1 Å². The predicted octanol–water partition coefficient (Wildman–Crippen LogP) is 4.06. The van der Waals surface area contributed by atoms with E-state index >= 15 is 0 Å². The van der Waals surface area contributed by atoms with Crippen LogP contribution >= 0.6 is 0 Å². The lowest BCUT2D eigenvalue weighted by Gasteiger charge is -2.12. The molecular formula is C23H21FN2O3. The summed E-state index contributed by atoms with van der Waals surface area (Å²) in [4.78, 5) is 25.1. The minimum absolute atomic E-state index is 0.114. The number of methoxy groups -OCH3 is 1. The second kappa shape index (κ2) is 9.50.